The number of para-hydroxylation sites is 2. The van der Waals surface area contributed by atoms with Crippen molar-refractivity contribution in [2.24, 2.45) is 0 Å². The van der Waals surface area contributed by atoms with Crippen LogP contribution in [0.3, 0.4) is 0 Å². The van der Waals surface area contributed by atoms with E-state index in [0.29, 0.717) is 13.1 Å². The first kappa shape index (κ1) is 19.4. The van der Waals surface area contributed by atoms with Crippen molar-refractivity contribution >= 4 is 38.9 Å². The van der Waals surface area contributed by atoms with Crippen LogP contribution < -0.4 is 4.74 Å². The molecule has 162 valence electrons. The van der Waals surface area contributed by atoms with Gasteiger partial charge in [0.05, 0.1) is 12.7 Å². The molecule has 2 N–H and O–H groups in total. The summed E-state index contributed by atoms with van der Waals surface area (Å²) in [4.78, 5) is 22.5. The Kier molecular flexibility index (Phi) is 4.54. The topological polar surface area (TPSA) is 61.1 Å². The number of hydrogen-bond acceptors (Lipinski definition) is 2. The third-order valence-corrected chi connectivity index (χ3v) is 6.46. The van der Waals surface area contributed by atoms with Crippen LogP contribution in [0.1, 0.15) is 16.7 Å². The van der Waals surface area contributed by atoms with Gasteiger partial charge in [-0.2, -0.15) is 0 Å². The van der Waals surface area contributed by atoms with Crippen molar-refractivity contribution in [2.75, 3.05) is 13.7 Å². The Morgan fingerprint density at radius 3 is 2.09 bits per heavy atom. The quantitative estimate of drug-likeness (QED) is 0.378. The minimum Gasteiger partial charge on any atom is -0.497 e. The molecule has 5 heteroatoms. The number of aromatic nitrogens is 2. The molecule has 0 bridgehead atoms. The van der Waals surface area contributed by atoms with Crippen LogP contribution in [0.2, 0.25) is 0 Å². The zero-order chi connectivity index (χ0) is 22.4. The molecule has 33 heavy (non-hydrogen) atoms. The molecule has 1 aliphatic rings. The lowest BCUT2D eigenvalue weighted by atomic mass is 9.96. The van der Waals surface area contributed by atoms with E-state index in [1.807, 2.05) is 71.9 Å². The Bertz CT molecular complexity index is 1520. The summed E-state index contributed by atoms with van der Waals surface area (Å²) in [6.07, 6.45) is 3.99. The molecule has 0 unspecified atom stereocenters. The van der Waals surface area contributed by atoms with E-state index in [1.165, 1.54) is 0 Å². The van der Waals surface area contributed by atoms with Gasteiger partial charge in [-0.1, -0.05) is 48.5 Å². The predicted molar refractivity (Wildman–Crippen MR) is 132 cm³/mol. The van der Waals surface area contributed by atoms with Gasteiger partial charge >= 0.3 is 0 Å². The highest BCUT2D eigenvalue weighted by Gasteiger charge is 2.34. The third-order valence-electron chi connectivity index (χ3n) is 6.46. The number of hydrogen-bond donors (Lipinski definition) is 2. The Labute approximate surface area is 191 Å². The number of fused-ring (bicyclic) bond motifs is 2. The third kappa shape index (κ3) is 3.21. The van der Waals surface area contributed by atoms with E-state index < -0.39 is 0 Å². The van der Waals surface area contributed by atoms with Crippen LogP contribution in [0.4, 0.5) is 0 Å². The zero-order valence-electron chi connectivity index (χ0n) is 18.3. The molecule has 1 amide bonds. The summed E-state index contributed by atoms with van der Waals surface area (Å²) < 4.78 is 5.28. The van der Waals surface area contributed by atoms with Gasteiger partial charge in [-0.3, -0.25) is 4.79 Å². The molecule has 0 atom stereocenters. The van der Waals surface area contributed by atoms with Crippen molar-refractivity contribution in [1.82, 2.24) is 14.9 Å². The van der Waals surface area contributed by atoms with E-state index >= 15 is 0 Å². The Morgan fingerprint density at radius 1 is 0.818 bits per heavy atom. The van der Waals surface area contributed by atoms with Crippen LogP contribution in [-0.2, 0) is 11.3 Å². The Balaban J connectivity index is 1.47. The van der Waals surface area contributed by atoms with Crippen LogP contribution in [0.25, 0.3) is 33.0 Å². The Hall–Kier alpha value is -4.25. The lowest BCUT2D eigenvalue weighted by Crippen LogP contribution is -2.26. The molecule has 5 aromatic rings. The van der Waals surface area contributed by atoms with Gasteiger partial charge in [0, 0.05) is 58.4 Å². The highest BCUT2D eigenvalue weighted by molar-refractivity contribution is 6.33. The van der Waals surface area contributed by atoms with Gasteiger partial charge in [0.15, 0.2) is 0 Å². The highest BCUT2D eigenvalue weighted by Crippen LogP contribution is 2.40. The molecule has 0 aliphatic carbocycles. The van der Waals surface area contributed by atoms with Gasteiger partial charge in [-0.15, -0.1) is 0 Å². The molecule has 0 radical (unpaired) electrons. The van der Waals surface area contributed by atoms with Crippen molar-refractivity contribution in [3.8, 4) is 5.75 Å². The maximum atomic E-state index is 13.8. The number of ether oxygens (including phenoxy) is 1. The summed E-state index contributed by atoms with van der Waals surface area (Å²) in [5, 5.41) is 2.19. The van der Waals surface area contributed by atoms with E-state index in [-0.39, 0.29) is 5.91 Å². The van der Waals surface area contributed by atoms with Crippen LogP contribution in [0.15, 0.2) is 85.2 Å². The summed E-state index contributed by atoms with van der Waals surface area (Å²) in [6.45, 7) is 1.10. The zero-order valence-corrected chi connectivity index (χ0v) is 18.3. The second-order valence-corrected chi connectivity index (χ2v) is 8.36. The molecule has 0 fully saturated rings. The van der Waals surface area contributed by atoms with E-state index in [9.17, 15) is 4.79 Å². The monoisotopic (exact) mass is 433 g/mol. The number of carbonyl (C=O) groups excluding carboxylic acids is 1. The minimum atomic E-state index is 0.0517. The molecular formula is C28H23N3O2. The normalized spacial score (nSPS) is 14.1. The molecule has 0 saturated carbocycles. The second-order valence-electron chi connectivity index (χ2n) is 8.36. The van der Waals surface area contributed by atoms with E-state index in [1.54, 1.807) is 7.11 Å². The number of H-pyrrole nitrogens is 2. The SMILES string of the molecule is COc1ccc(CN2CC(c3c[nH]c4ccccc34)=C(c3c[nH]c4ccccc34)C2=O)cc1. The van der Waals surface area contributed by atoms with E-state index in [4.69, 9.17) is 4.74 Å². The maximum absolute atomic E-state index is 13.8. The average molecular weight is 434 g/mol. The van der Waals surface area contributed by atoms with Gasteiger partial charge in [0.2, 0.25) is 0 Å². The van der Waals surface area contributed by atoms with Crippen molar-refractivity contribution in [3.05, 3.63) is 102 Å². The average Bonchev–Trinajstić information content (AvgIpc) is 3.55. The van der Waals surface area contributed by atoms with Crippen molar-refractivity contribution in [1.29, 1.82) is 0 Å². The molecular weight excluding hydrogens is 410 g/mol. The van der Waals surface area contributed by atoms with Gasteiger partial charge in [-0.25, -0.2) is 0 Å². The first-order chi connectivity index (χ1) is 16.2. The molecule has 6 rings (SSSR count). The fourth-order valence-corrected chi connectivity index (χ4v) is 4.81. The summed E-state index contributed by atoms with van der Waals surface area (Å²) in [6, 6.07) is 24.3. The summed E-state index contributed by atoms with van der Waals surface area (Å²) in [5.74, 6) is 0.861. The van der Waals surface area contributed by atoms with Crippen LogP contribution in [-0.4, -0.2) is 34.4 Å². The van der Waals surface area contributed by atoms with Gasteiger partial charge in [0.1, 0.15) is 5.75 Å². The highest BCUT2D eigenvalue weighted by atomic mass is 16.5. The first-order valence-corrected chi connectivity index (χ1v) is 11.0. The van der Waals surface area contributed by atoms with Crippen molar-refractivity contribution in [2.45, 2.75) is 6.54 Å². The lowest BCUT2D eigenvalue weighted by molar-refractivity contribution is -0.124. The minimum absolute atomic E-state index is 0.0517. The van der Waals surface area contributed by atoms with E-state index in [2.05, 4.69) is 28.2 Å². The molecule has 3 aromatic carbocycles. The molecule has 0 saturated heterocycles. The standard InChI is InChI=1S/C28H23N3O2/c1-33-19-12-10-18(11-13-19)16-31-17-24(22-14-29-25-8-4-2-6-20(22)25)27(28(31)32)23-15-30-26-9-5-3-7-21(23)26/h2-15,29-30H,16-17H2,1H3. The van der Waals surface area contributed by atoms with Crippen molar-refractivity contribution < 1.29 is 9.53 Å². The summed E-state index contributed by atoms with van der Waals surface area (Å²) in [7, 11) is 1.66. The number of amides is 1. The predicted octanol–water partition coefficient (Wildman–Crippen LogP) is 5.61. The van der Waals surface area contributed by atoms with Gasteiger partial charge in [-0.05, 0) is 35.4 Å². The number of nitrogens with one attached hydrogen (secondary N) is 2. The fraction of sp³-hybridized carbons (Fsp3) is 0.107. The molecule has 2 aromatic heterocycles. The smallest absolute Gasteiger partial charge is 0.255 e. The number of carbonyl (C=O) groups is 1. The Morgan fingerprint density at radius 2 is 1.42 bits per heavy atom. The van der Waals surface area contributed by atoms with Crippen molar-refractivity contribution in [3.63, 3.8) is 0 Å². The lowest BCUT2D eigenvalue weighted by Gasteiger charge is -2.17. The summed E-state index contributed by atoms with van der Waals surface area (Å²) >= 11 is 0. The number of nitrogens with zero attached hydrogens (tertiary/aromatic N) is 1. The van der Waals surface area contributed by atoms with Crippen LogP contribution >= 0.6 is 0 Å². The fourth-order valence-electron chi connectivity index (χ4n) is 4.81. The van der Waals surface area contributed by atoms with Crippen LogP contribution in [0, 0.1) is 0 Å². The number of methoxy groups -OCH3 is 1. The summed E-state index contributed by atoms with van der Waals surface area (Å²) in [5.41, 5.74) is 7.02. The van der Waals surface area contributed by atoms with Gasteiger partial charge < -0.3 is 19.6 Å². The number of benzene rings is 3. The first-order valence-electron chi connectivity index (χ1n) is 11.0. The number of aromatic amines is 2. The van der Waals surface area contributed by atoms with Gasteiger partial charge in [0.25, 0.3) is 5.91 Å². The largest absolute Gasteiger partial charge is 0.497 e. The molecule has 1 aliphatic heterocycles. The maximum Gasteiger partial charge on any atom is 0.255 e. The molecule has 0 spiro atoms. The number of rotatable bonds is 5. The second kappa shape index (κ2) is 7.71. The van der Waals surface area contributed by atoms with Crippen LogP contribution in [0.5, 0.6) is 5.75 Å². The molecule has 3 heterocycles. The molecule has 5 nitrogen and oxygen atoms in total. The van der Waals surface area contributed by atoms with E-state index in [0.717, 1.165) is 55.4 Å².